The minimum atomic E-state index is 0.752. The average molecular weight is 275 g/mol. The van der Waals surface area contributed by atoms with E-state index in [-0.39, 0.29) is 0 Å². The number of rotatable bonds is 4. The van der Waals surface area contributed by atoms with Crippen molar-refractivity contribution >= 4 is 23.5 Å². The fourth-order valence-electron chi connectivity index (χ4n) is 1.24. The van der Waals surface area contributed by atoms with Crippen molar-refractivity contribution in [2.75, 3.05) is 11.5 Å². The van der Waals surface area contributed by atoms with Gasteiger partial charge in [0.15, 0.2) is 5.16 Å². The molecule has 0 radical (unpaired) electrons. The van der Waals surface area contributed by atoms with Gasteiger partial charge in [-0.15, -0.1) is 22.0 Å². The second kappa shape index (κ2) is 7.14. The first-order valence-electron chi connectivity index (χ1n) is 5.46. The van der Waals surface area contributed by atoms with Crippen LogP contribution < -0.4 is 0 Å². The Labute approximate surface area is 115 Å². The van der Waals surface area contributed by atoms with Gasteiger partial charge in [0.05, 0.1) is 11.5 Å². The molecule has 1 aromatic carbocycles. The van der Waals surface area contributed by atoms with Crippen molar-refractivity contribution < 1.29 is 0 Å². The molecule has 2 aromatic rings. The summed E-state index contributed by atoms with van der Waals surface area (Å²) < 4.78 is 1.89. The summed E-state index contributed by atoms with van der Waals surface area (Å²) in [6.45, 7) is 0. The molecule has 0 atom stereocenters. The summed E-state index contributed by atoms with van der Waals surface area (Å²) in [5, 5.41) is 8.70. The number of nitrogens with zero attached hydrogens (tertiary/aromatic N) is 3. The van der Waals surface area contributed by atoms with Gasteiger partial charge in [0.25, 0.3) is 0 Å². The third kappa shape index (κ3) is 4.13. The van der Waals surface area contributed by atoms with Gasteiger partial charge < -0.3 is 4.57 Å². The van der Waals surface area contributed by atoms with Gasteiger partial charge in [0.1, 0.15) is 6.33 Å². The van der Waals surface area contributed by atoms with Gasteiger partial charge >= 0.3 is 0 Å². The van der Waals surface area contributed by atoms with Crippen LogP contribution in [0.25, 0.3) is 0 Å². The van der Waals surface area contributed by atoms with Crippen LogP contribution in [0.5, 0.6) is 0 Å². The van der Waals surface area contributed by atoms with Crippen molar-refractivity contribution in [3.8, 4) is 11.8 Å². The SMILES string of the molecule is Cn1cnnc1SCC#CCSc1ccccc1. The predicted molar refractivity (Wildman–Crippen MR) is 76.7 cm³/mol. The van der Waals surface area contributed by atoms with Crippen LogP contribution in [0.4, 0.5) is 0 Å². The summed E-state index contributed by atoms with van der Waals surface area (Å²) in [5.74, 6) is 7.86. The van der Waals surface area contributed by atoms with Crippen LogP contribution >= 0.6 is 23.5 Å². The van der Waals surface area contributed by atoms with Gasteiger partial charge in [-0.2, -0.15) is 0 Å². The van der Waals surface area contributed by atoms with E-state index < -0.39 is 0 Å². The maximum Gasteiger partial charge on any atom is 0.191 e. The molecule has 0 saturated heterocycles. The molecule has 0 fully saturated rings. The van der Waals surface area contributed by atoms with Gasteiger partial charge in [-0.25, -0.2) is 0 Å². The third-order valence-corrected chi connectivity index (χ3v) is 3.93. The van der Waals surface area contributed by atoms with E-state index in [1.54, 1.807) is 29.9 Å². The van der Waals surface area contributed by atoms with Gasteiger partial charge in [-0.05, 0) is 12.1 Å². The predicted octanol–water partition coefficient (Wildman–Crippen LogP) is 2.70. The lowest BCUT2D eigenvalue weighted by molar-refractivity contribution is 0.789. The molecule has 3 nitrogen and oxygen atoms in total. The summed E-state index contributed by atoms with van der Waals surface area (Å²) in [4.78, 5) is 1.26. The van der Waals surface area contributed by atoms with Crippen LogP contribution in [0, 0.1) is 11.8 Å². The molecule has 0 unspecified atom stereocenters. The zero-order valence-electron chi connectivity index (χ0n) is 10.0. The van der Waals surface area contributed by atoms with Crippen molar-refractivity contribution in [2.45, 2.75) is 10.1 Å². The van der Waals surface area contributed by atoms with Crippen molar-refractivity contribution in [1.29, 1.82) is 0 Å². The number of aryl methyl sites for hydroxylation is 1. The van der Waals surface area contributed by atoms with E-state index >= 15 is 0 Å². The molecular formula is C13H13N3S2. The highest BCUT2D eigenvalue weighted by Gasteiger charge is 1.98. The Morgan fingerprint density at radius 3 is 2.50 bits per heavy atom. The van der Waals surface area contributed by atoms with Gasteiger partial charge in [0.2, 0.25) is 0 Å². The molecule has 92 valence electrons. The fourth-order valence-corrected chi connectivity index (χ4v) is 2.59. The molecule has 1 heterocycles. The summed E-state index contributed by atoms with van der Waals surface area (Å²) in [5.41, 5.74) is 0. The van der Waals surface area contributed by atoms with Crippen LogP contribution in [-0.4, -0.2) is 26.3 Å². The van der Waals surface area contributed by atoms with Crippen LogP contribution in [0.15, 0.2) is 46.7 Å². The van der Waals surface area contributed by atoms with E-state index in [9.17, 15) is 0 Å². The minimum absolute atomic E-state index is 0.752. The number of benzene rings is 1. The Morgan fingerprint density at radius 2 is 1.83 bits per heavy atom. The highest BCUT2D eigenvalue weighted by atomic mass is 32.2. The van der Waals surface area contributed by atoms with Crippen LogP contribution in [0.2, 0.25) is 0 Å². The molecule has 0 N–H and O–H groups in total. The quantitative estimate of drug-likeness (QED) is 0.634. The number of thioether (sulfide) groups is 2. The largest absolute Gasteiger partial charge is 0.312 e. The van der Waals surface area contributed by atoms with Crippen LogP contribution in [0.1, 0.15) is 0 Å². The van der Waals surface area contributed by atoms with Crippen molar-refractivity contribution in [3.63, 3.8) is 0 Å². The molecule has 0 aliphatic heterocycles. The molecule has 0 aliphatic carbocycles. The van der Waals surface area contributed by atoms with Crippen LogP contribution in [-0.2, 0) is 7.05 Å². The summed E-state index contributed by atoms with van der Waals surface area (Å²) in [6, 6.07) is 10.3. The molecule has 0 aliphatic rings. The highest BCUT2D eigenvalue weighted by Crippen LogP contribution is 2.16. The lowest BCUT2D eigenvalue weighted by Crippen LogP contribution is -1.88. The van der Waals surface area contributed by atoms with Crippen molar-refractivity contribution in [1.82, 2.24) is 14.8 Å². The number of aromatic nitrogens is 3. The lowest BCUT2D eigenvalue weighted by Gasteiger charge is -1.95. The minimum Gasteiger partial charge on any atom is -0.312 e. The van der Waals surface area contributed by atoms with E-state index in [1.165, 1.54) is 4.90 Å². The molecular weight excluding hydrogens is 262 g/mol. The second-order valence-electron chi connectivity index (χ2n) is 3.47. The zero-order chi connectivity index (χ0) is 12.6. The smallest absolute Gasteiger partial charge is 0.191 e. The summed E-state index contributed by atoms with van der Waals surface area (Å²) >= 11 is 3.36. The molecule has 2 rings (SSSR count). The standard InChI is InChI=1S/C13H13N3S2/c1-16-11-14-15-13(16)18-10-6-5-9-17-12-7-3-2-4-8-12/h2-4,7-8,11H,9-10H2,1H3. The maximum atomic E-state index is 3.98. The molecule has 5 heteroatoms. The van der Waals surface area contributed by atoms with Crippen molar-refractivity contribution in [3.05, 3.63) is 36.7 Å². The average Bonchev–Trinajstić information content (AvgIpc) is 2.81. The van der Waals surface area contributed by atoms with E-state index in [0.717, 1.165) is 16.7 Å². The molecule has 0 saturated carbocycles. The normalized spacial score (nSPS) is 9.83. The Hall–Kier alpha value is -1.38. The zero-order valence-corrected chi connectivity index (χ0v) is 11.7. The topological polar surface area (TPSA) is 30.7 Å². The Balaban J connectivity index is 1.69. The molecule has 18 heavy (non-hydrogen) atoms. The molecule has 0 bridgehead atoms. The van der Waals surface area contributed by atoms with E-state index in [4.69, 9.17) is 0 Å². The summed E-state index contributed by atoms with van der Waals surface area (Å²) in [7, 11) is 1.93. The van der Waals surface area contributed by atoms with E-state index in [1.807, 2.05) is 29.8 Å². The lowest BCUT2D eigenvalue weighted by atomic mass is 10.4. The second-order valence-corrected chi connectivity index (χ2v) is 5.46. The maximum absolute atomic E-state index is 3.98. The third-order valence-electron chi connectivity index (χ3n) is 2.12. The number of hydrogen-bond donors (Lipinski definition) is 0. The first-order valence-corrected chi connectivity index (χ1v) is 7.44. The van der Waals surface area contributed by atoms with Crippen molar-refractivity contribution in [2.24, 2.45) is 7.05 Å². The highest BCUT2D eigenvalue weighted by molar-refractivity contribution is 7.99. The molecule has 1 aromatic heterocycles. The first-order chi connectivity index (χ1) is 8.86. The molecule has 0 amide bonds. The fraction of sp³-hybridized carbons (Fsp3) is 0.231. The van der Waals surface area contributed by atoms with Crippen LogP contribution in [0.3, 0.4) is 0 Å². The Morgan fingerprint density at radius 1 is 1.11 bits per heavy atom. The van der Waals surface area contributed by atoms with Gasteiger partial charge in [-0.1, -0.05) is 41.8 Å². The monoisotopic (exact) mass is 275 g/mol. The Kier molecular flexibility index (Phi) is 5.18. The van der Waals surface area contributed by atoms with Gasteiger partial charge in [0, 0.05) is 11.9 Å². The summed E-state index contributed by atoms with van der Waals surface area (Å²) in [6.07, 6.45) is 1.70. The Bertz CT molecular complexity index is 540. The molecule has 0 spiro atoms. The van der Waals surface area contributed by atoms with Gasteiger partial charge in [-0.3, -0.25) is 0 Å². The first kappa shape index (κ1) is 13.1. The van der Waals surface area contributed by atoms with E-state index in [2.05, 4.69) is 34.2 Å². The van der Waals surface area contributed by atoms with E-state index in [0.29, 0.717) is 0 Å². The number of hydrogen-bond acceptors (Lipinski definition) is 4.